The van der Waals surface area contributed by atoms with Crippen LogP contribution in [-0.4, -0.2) is 34.5 Å². The molecule has 2 amide bonds. The standard InChI is InChI=1S/C8H13NO3/c1-5-3-7(11)9(8(5)12)6(2)4-10/h5-6,10H,3-4H2,1-2H3/t5-,6+/m1/s1. The highest BCUT2D eigenvalue weighted by Gasteiger charge is 2.37. The van der Waals surface area contributed by atoms with Gasteiger partial charge in [-0.05, 0) is 6.92 Å². The predicted molar refractivity (Wildman–Crippen MR) is 42.2 cm³/mol. The van der Waals surface area contributed by atoms with Crippen LogP contribution in [0.25, 0.3) is 0 Å². The average molecular weight is 171 g/mol. The first-order chi connectivity index (χ1) is 5.57. The van der Waals surface area contributed by atoms with E-state index in [0.29, 0.717) is 0 Å². The summed E-state index contributed by atoms with van der Waals surface area (Å²) >= 11 is 0. The molecule has 4 heteroatoms. The lowest BCUT2D eigenvalue weighted by Crippen LogP contribution is -2.40. The number of rotatable bonds is 2. The third-order valence-electron chi connectivity index (χ3n) is 2.11. The lowest BCUT2D eigenvalue weighted by atomic mass is 10.1. The molecule has 0 bridgehead atoms. The van der Waals surface area contributed by atoms with Gasteiger partial charge in [0.1, 0.15) is 0 Å². The maximum absolute atomic E-state index is 11.3. The largest absolute Gasteiger partial charge is 0.394 e. The third kappa shape index (κ3) is 1.34. The van der Waals surface area contributed by atoms with Gasteiger partial charge in [0, 0.05) is 12.3 Å². The quantitative estimate of drug-likeness (QED) is 0.583. The smallest absolute Gasteiger partial charge is 0.232 e. The van der Waals surface area contributed by atoms with Crippen molar-refractivity contribution in [3.63, 3.8) is 0 Å². The van der Waals surface area contributed by atoms with E-state index in [1.807, 2.05) is 0 Å². The van der Waals surface area contributed by atoms with Crippen LogP contribution in [0.5, 0.6) is 0 Å². The Kier molecular flexibility index (Phi) is 2.47. The zero-order valence-corrected chi connectivity index (χ0v) is 7.28. The first-order valence-electron chi connectivity index (χ1n) is 4.04. The highest BCUT2D eigenvalue weighted by Crippen LogP contribution is 2.20. The van der Waals surface area contributed by atoms with Crippen molar-refractivity contribution in [3.05, 3.63) is 0 Å². The highest BCUT2D eigenvalue weighted by atomic mass is 16.3. The lowest BCUT2D eigenvalue weighted by Gasteiger charge is -2.20. The van der Waals surface area contributed by atoms with Gasteiger partial charge in [-0.3, -0.25) is 14.5 Å². The zero-order valence-electron chi connectivity index (χ0n) is 7.28. The van der Waals surface area contributed by atoms with E-state index in [9.17, 15) is 9.59 Å². The van der Waals surface area contributed by atoms with Gasteiger partial charge in [-0.1, -0.05) is 6.92 Å². The van der Waals surface area contributed by atoms with Crippen LogP contribution in [0.15, 0.2) is 0 Å². The van der Waals surface area contributed by atoms with E-state index in [2.05, 4.69) is 0 Å². The number of carbonyl (C=O) groups is 2. The van der Waals surface area contributed by atoms with E-state index in [4.69, 9.17) is 5.11 Å². The fourth-order valence-electron chi connectivity index (χ4n) is 1.35. The Morgan fingerprint density at radius 3 is 2.58 bits per heavy atom. The summed E-state index contributed by atoms with van der Waals surface area (Å²) in [5, 5.41) is 8.77. The van der Waals surface area contributed by atoms with E-state index in [-0.39, 0.29) is 36.8 Å². The van der Waals surface area contributed by atoms with Crippen LogP contribution in [0.4, 0.5) is 0 Å². The molecule has 0 saturated carbocycles. The molecule has 68 valence electrons. The molecule has 2 atom stereocenters. The Hall–Kier alpha value is -0.900. The first-order valence-corrected chi connectivity index (χ1v) is 4.04. The molecule has 0 unspecified atom stereocenters. The minimum Gasteiger partial charge on any atom is -0.394 e. The minimum absolute atomic E-state index is 0.163. The molecule has 0 spiro atoms. The monoisotopic (exact) mass is 171 g/mol. The van der Waals surface area contributed by atoms with Crippen molar-refractivity contribution in [1.29, 1.82) is 0 Å². The Labute approximate surface area is 71.2 Å². The summed E-state index contributed by atoms with van der Waals surface area (Å²) < 4.78 is 0. The lowest BCUT2D eigenvalue weighted by molar-refractivity contribution is -0.142. The van der Waals surface area contributed by atoms with Crippen molar-refractivity contribution >= 4 is 11.8 Å². The van der Waals surface area contributed by atoms with Gasteiger partial charge in [-0.25, -0.2) is 0 Å². The van der Waals surface area contributed by atoms with E-state index < -0.39 is 0 Å². The fourth-order valence-corrected chi connectivity index (χ4v) is 1.35. The van der Waals surface area contributed by atoms with Crippen molar-refractivity contribution < 1.29 is 14.7 Å². The van der Waals surface area contributed by atoms with Gasteiger partial charge in [0.05, 0.1) is 12.6 Å². The van der Waals surface area contributed by atoms with Crippen molar-refractivity contribution in [1.82, 2.24) is 4.90 Å². The second-order valence-corrected chi connectivity index (χ2v) is 3.24. The van der Waals surface area contributed by atoms with Crippen LogP contribution in [0, 0.1) is 5.92 Å². The van der Waals surface area contributed by atoms with Crippen LogP contribution >= 0.6 is 0 Å². The van der Waals surface area contributed by atoms with E-state index in [1.165, 1.54) is 0 Å². The third-order valence-corrected chi connectivity index (χ3v) is 2.11. The molecule has 0 aliphatic carbocycles. The molecular formula is C8H13NO3. The Bertz CT molecular complexity index is 214. The number of nitrogens with zero attached hydrogens (tertiary/aromatic N) is 1. The average Bonchev–Trinajstić information content (AvgIpc) is 2.26. The molecule has 4 nitrogen and oxygen atoms in total. The minimum atomic E-state index is -0.380. The number of likely N-dealkylation sites (tertiary alicyclic amines) is 1. The predicted octanol–water partition coefficient (Wildman–Crippen LogP) is -0.238. The van der Waals surface area contributed by atoms with Crippen LogP contribution in [0.2, 0.25) is 0 Å². The molecule has 1 rings (SSSR count). The summed E-state index contributed by atoms with van der Waals surface area (Å²) in [6.45, 7) is 3.22. The normalized spacial score (nSPS) is 26.6. The number of hydrogen-bond donors (Lipinski definition) is 1. The van der Waals surface area contributed by atoms with Crippen LogP contribution in [0.1, 0.15) is 20.3 Å². The van der Waals surface area contributed by atoms with Gasteiger partial charge < -0.3 is 5.11 Å². The summed E-state index contributed by atoms with van der Waals surface area (Å²) in [6.07, 6.45) is 0.281. The zero-order chi connectivity index (χ0) is 9.30. The first kappa shape index (κ1) is 9.19. The summed E-state index contributed by atoms with van der Waals surface area (Å²) in [5.74, 6) is -0.554. The van der Waals surface area contributed by atoms with Crippen molar-refractivity contribution in [3.8, 4) is 0 Å². The number of carbonyl (C=O) groups excluding carboxylic acids is 2. The number of amides is 2. The van der Waals surface area contributed by atoms with Gasteiger partial charge in [0.25, 0.3) is 0 Å². The molecule has 1 fully saturated rings. The number of hydrogen-bond acceptors (Lipinski definition) is 3. The van der Waals surface area contributed by atoms with Crippen molar-refractivity contribution in [2.45, 2.75) is 26.3 Å². The van der Waals surface area contributed by atoms with E-state index >= 15 is 0 Å². The molecular weight excluding hydrogens is 158 g/mol. The fraction of sp³-hybridized carbons (Fsp3) is 0.750. The molecule has 1 N–H and O–H groups in total. The van der Waals surface area contributed by atoms with Crippen LogP contribution in [-0.2, 0) is 9.59 Å². The van der Waals surface area contributed by atoms with Gasteiger partial charge in [0.2, 0.25) is 11.8 Å². The van der Waals surface area contributed by atoms with Crippen LogP contribution in [0.3, 0.4) is 0 Å². The van der Waals surface area contributed by atoms with Gasteiger partial charge >= 0.3 is 0 Å². The highest BCUT2D eigenvalue weighted by molar-refractivity contribution is 6.03. The molecule has 1 aliphatic rings. The maximum atomic E-state index is 11.3. The van der Waals surface area contributed by atoms with E-state index in [0.717, 1.165) is 4.90 Å². The molecule has 1 aliphatic heterocycles. The Morgan fingerprint density at radius 1 is 1.67 bits per heavy atom. The second kappa shape index (κ2) is 3.23. The maximum Gasteiger partial charge on any atom is 0.232 e. The molecule has 1 heterocycles. The van der Waals surface area contributed by atoms with Crippen molar-refractivity contribution in [2.24, 2.45) is 5.92 Å². The summed E-state index contributed by atoms with van der Waals surface area (Å²) in [4.78, 5) is 23.7. The van der Waals surface area contributed by atoms with Crippen LogP contribution < -0.4 is 0 Å². The number of imide groups is 1. The topological polar surface area (TPSA) is 57.6 Å². The second-order valence-electron chi connectivity index (χ2n) is 3.24. The van der Waals surface area contributed by atoms with E-state index in [1.54, 1.807) is 13.8 Å². The molecule has 0 radical (unpaired) electrons. The van der Waals surface area contributed by atoms with Gasteiger partial charge in [0.15, 0.2) is 0 Å². The van der Waals surface area contributed by atoms with Gasteiger partial charge in [-0.15, -0.1) is 0 Å². The molecule has 0 aromatic carbocycles. The number of aliphatic hydroxyl groups excluding tert-OH is 1. The van der Waals surface area contributed by atoms with Crippen molar-refractivity contribution in [2.75, 3.05) is 6.61 Å². The molecule has 1 saturated heterocycles. The summed E-state index contributed by atoms with van der Waals surface area (Å²) in [5.41, 5.74) is 0. The summed E-state index contributed by atoms with van der Waals surface area (Å²) in [7, 11) is 0. The Morgan fingerprint density at radius 2 is 2.25 bits per heavy atom. The van der Waals surface area contributed by atoms with Gasteiger partial charge in [-0.2, -0.15) is 0 Å². The molecule has 12 heavy (non-hydrogen) atoms. The number of aliphatic hydroxyl groups is 1. The SMILES string of the molecule is C[C@@H]1CC(=O)N([C@@H](C)CO)C1=O. The summed E-state index contributed by atoms with van der Waals surface area (Å²) in [6, 6.07) is -0.380. The molecule has 0 aromatic heterocycles. The molecule has 0 aromatic rings. The Balaban J connectivity index is 2.76.